The zero-order valence-corrected chi connectivity index (χ0v) is 11.2. The first kappa shape index (κ1) is 14.6. The standard InChI is InChI=1S/C16H15NO4/c18-15(19)14(13-9-5-2-6-10-13)17-16(20)21-11-12-7-3-1-4-8-12/h1-10,14H,11H2,(H,17,20)(H,18,19)/p-1/t14-/m0/s1. The number of ether oxygens (including phenoxy) is 1. The summed E-state index contributed by atoms with van der Waals surface area (Å²) in [4.78, 5) is 22.8. The van der Waals surface area contributed by atoms with Crippen LogP contribution in [0.3, 0.4) is 0 Å². The molecule has 0 fully saturated rings. The minimum Gasteiger partial charge on any atom is -0.548 e. The third-order valence-electron chi connectivity index (χ3n) is 2.84. The van der Waals surface area contributed by atoms with Gasteiger partial charge in [-0.05, 0) is 11.1 Å². The summed E-state index contributed by atoms with van der Waals surface area (Å²) >= 11 is 0. The second-order valence-corrected chi connectivity index (χ2v) is 4.37. The van der Waals surface area contributed by atoms with Gasteiger partial charge in [0.15, 0.2) is 0 Å². The van der Waals surface area contributed by atoms with Crippen LogP contribution in [0.4, 0.5) is 4.79 Å². The Kier molecular flexibility index (Phi) is 4.93. The van der Waals surface area contributed by atoms with Crippen LogP contribution >= 0.6 is 0 Å². The fourth-order valence-corrected chi connectivity index (χ4v) is 1.81. The van der Waals surface area contributed by atoms with Gasteiger partial charge in [-0.25, -0.2) is 4.79 Å². The highest BCUT2D eigenvalue weighted by atomic mass is 16.5. The third-order valence-corrected chi connectivity index (χ3v) is 2.84. The van der Waals surface area contributed by atoms with Crippen LogP contribution in [-0.4, -0.2) is 12.1 Å². The Labute approximate surface area is 122 Å². The molecule has 1 amide bonds. The Hall–Kier alpha value is -2.82. The van der Waals surface area contributed by atoms with Crippen molar-refractivity contribution in [2.24, 2.45) is 0 Å². The van der Waals surface area contributed by atoms with E-state index in [2.05, 4.69) is 5.32 Å². The molecule has 5 nitrogen and oxygen atoms in total. The predicted octanol–water partition coefficient (Wildman–Crippen LogP) is 1.40. The van der Waals surface area contributed by atoms with Gasteiger partial charge in [-0.1, -0.05) is 60.7 Å². The van der Waals surface area contributed by atoms with E-state index >= 15 is 0 Å². The molecule has 0 bridgehead atoms. The van der Waals surface area contributed by atoms with Crippen LogP contribution in [0, 0.1) is 0 Å². The number of carboxylic acid groups (broad SMARTS) is 1. The van der Waals surface area contributed by atoms with Crippen LogP contribution in [0.25, 0.3) is 0 Å². The van der Waals surface area contributed by atoms with Crippen molar-refractivity contribution in [2.75, 3.05) is 0 Å². The van der Waals surface area contributed by atoms with E-state index in [0.29, 0.717) is 5.56 Å². The normalized spacial score (nSPS) is 11.4. The predicted molar refractivity (Wildman–Crippen MR) is 74.0 cm³/mol. The monoisotopic (exact) mass is 284 g/mol. The first-order valence-electron chi connectivity index (χ1n) is 6.40. The van der Waals surface area contributed by atoms with Crippen LogP contribution in [0.2, 0.25) is 0 Å². The number of aliphatic carboxylic acids is 1. The van der Waals surface area contributed by atoms with E-state index in [1.54, 1.807) is 42.5 Å². The Balaban J connectivity index is 1.95. The minimum atomic E-state index is -1.39. The Morgan fingerprint density at radius 2 is 1.57 bits per heavy atom. The van der Waals surface area contributed by atoms with Crippen molar-refractivity contribution < 1.29 is 19.4 Å². The molecule has 0 spiro atoms. The largest absolute Gasteiger partial charge is 0.548 e. The highest BCUT2D eigenvalue weighted by Gasteiger charge is 2.16. The molecular formula is C16H14NO4-. The lowest BCUT2D eigenvalue weighted by atomic mass is 10.1. The van der Waals surface area contributed by atoms with Crippen LogP contribution in [0.1, 0.15) is 17.2 Å². The maximum absolute atomic E-state index is 11.7. The molecule has 0 aliphatic rings. The van der Waals surface area contributed by atoms with Crippen LogP contribution in [0.15, 0.2) is 60.7 Å². The molecule has 0 saturated carbocycles. The molecule has 5 heteroatoms. The second kappa shape index (κ2) is 7.09. The number of hydrogen-bond donors (Lipinski definition) is 1. The first-order valence-corrected chi connectivity index (χ1v) is 6.40. The molecule has 0 saturated heterocycles. The van der Waals surface area contributed by atoms with Gasteiger partial charge in [-0.15, -0.1) is 0 Å². The van der Waals surface area contributed by atoms with E-state index in [1.165, 1.54) is 0 Å². The average Bonchev–Trinajstić information content (AvgIpc) is 2.52. The lowest BCUT2D eigenvalue weighted by molar-refractivity contribution is -0.308. The summed E-state index contributed by atoms with van der Waals surface area (Å²) in [5.41, 5.74) is 1.24. The van der Waals surface area contributed by atoms with E-state index in [0.717, 1.165) is 5.56 Å². The van der Waals surface area contributed by atoms with Crippen LogP contribution < -0.4 is 10.4 Å². The van der Waals surface area contributed by atoms with E-state index in [9.17, 15) is 14.7 Å². The Bertz CT molecular complexity index is 598. The molecule has 108 valence electrons. The highest BCUT2D eigenvalue weighted by molar-refractivity contribution is 5.80. The van der Waals surface area contributed by atoms with Crippen molar-refractivity contribution in [2.45, 2.75) is 12.6 Å². The maximum Gasteiger partial charge on any atom is 0.408 e. The quantitative estimate of drug-likeness (QED) is 0.900. The van der Waals surface area contributed by atoms with Crippen molar-refractivity contribution in [1.82, 2.24) is 5.32 Å². The summed E-state index contributed by atoms with van der Waals surface area (Å²) in [6, 6.07) is 16.2. The van der Waals surface area contributed by atoms with Gasteiger partial charge in [-0.2, -0.15) is 0 Å². The fourth-order valence-electron chi connectivity index (χ4n) is 1.81. The number of amides is 1. The molecule has 1 atom stereocenters. The van der Waals surface area contributed by atoms with Gasteiger partial charge >= 0.3 is 6.09 Å². The average molecular weight is 284 g/mol. The lowest BCUT2D eigenvalue weighted by Crippen LogP contribution is -2.41. The second-order valence-electron chi connectivity index (χ2n) is 4.37. The molecule has 2 aromatic carbocycles. The number of carbonyl (C=O) groups is 2. The summed E-state index contributed by atoms with van der Waals surface area (Å²) in [6.07, 6.45) is -0.808. The molecule has 21 heavy (non-hydrogen) atoms. The third kappa shape index (κ3) is 4.35. The molecule has 2 aromatic rings. The van der Waals surface area contributed by atoms with Crippen LogP contribution in [0.5, 0.6) is 0 Å². The summed E-state index contributed by atoms with van der Waals surface area (Å²) in [6.45, 7) is 0.0707. The Morgan fingerprint density at radius 1 is 1.00 bits per heavy atom. The molecule has 0 aliphatic heterocycles. The highest BCUT2D eigenvalue weighted by Crippen LogP contribution is 2.12. The number of alkyl carbamates (subject to hydrolysis) is 1. The summed E-state index contributed by atoms with van der Waals surface area (Å²) in [5.74, 6) is -1.39. The maximum atomic E-state index is 11.7. The first-order chi connectivity index (χ1) is 10.2. The molecule has 1 N–H and O–H groups in total. The summed E-state index contributed by atoms with van der Waals surface area (Å²) in [5, 5.41) is 13.4. The van der Waals surface area contributed by atoms with Gasteiger partial charge in [0.2, 0.25) is 0 Å². The molecule has 0 unspecified atom stereocenters. The van der Waals surface area contributed by atoms with E-state index < -0.39 is 18.1 Å². The van der Waals surface area contributed by atoms with Crippen molar-refractivity contribution in [3.8, 4) is 0 Å². The molecule has 0 heterocycles. The Morgan fingerprint density at radius 3 is 2.14 bits per heavy atom. The van der Waals surface area contributed by atoms with E-state index in [4.69, 9.17) is 4.74 Å². The van der Waals surface area contributed by atoms with Crippen molar-refractivity contribution >= 4 is 12.1 Å². The number of carboxylic acids is 1. The zero-order valence-electron chi connectivity index (χ0n) is 11.2. The fraction of sp³-hybridized carbons (Fsp3) is 0.125. The molecule has 0 aromatic heterocycles. The number of hydrogen-bond acceptors (Lipinski definition) is 4. The lowest BCUT2D eigenvalue weighted by Gasteiger charge is -2.19. The van der Waals surface area contributed by atoms with Crippen molar-refractivity contribution in [1.29, 1.82) is 0 Å². The number of carbonyl (C=O) groups excluding carboxylic acids is 2. The topological polar surface area (TPSA) is 78.5 Å². The number of rotatable bonds is 5. The van der Waals surface area contributed by atoms with E-state index in [1.807, 2.05) is 18.2 Å². The van der Waals surface area contributed by atoms with Gasteiger partial charge in [0.1, 0.15) is 6.61 Å². The molecular weight excluding hydrogens is 270 g/mol. The van der Waals surface area contributed by atoms with Gasteiger partial charge in [0.25, 0.3) is 0 Å². The molecule has 0 radical (unpaired) electrons. The van der Waals surface area contributed by atoms with Crippen LogP contribution in [-0.2, 0) is 16.1 Å². The van der Waals surface area contributed by atoms with Crippen molar-refractivity contribution in [3.63, 3.8) is 0 Å². The summed E-state index contributed by atoms with van der Waals surface area (Å²) < 4.78 is 4.99. The minimum absolute atomic E-state index is 0.0707. The summed E-state index contributed by atoms with van der Waals surface area (Å²) in [7, 11) is 0. The smallest absolute Gasteiger partial charge is 0.408 e. The van der Waals surface area contributed by atoms with E-state index in [-0.39, 0.29) is 6.61 Å². The zero-order chi connectivity index (χ0) is 15.1. The van der Waals surface area contributed by atoms with Gasteiger partial charge in [0, 0.05) is 0 Å². The van der Waals surface area contributed by atoms with Crippen molar-refractivity contribution in [3.05, 3.63) is 71.8 Å². The van der Waals surface area contributed by atoms with Gasteiger partial charge < -0.3 is 20.0 Å². The SMILES string of the molecule is O=C(N[C@H](C(=O)[O-])c1ccccc1)OCc1ccccc1. The molecule has 2 rings (SSSR count). The van der Waals surface area contributed by atoms with Gasteiger partial charge in [-0.3, -0.25) is 0 Å². The number of benzene rings is 2. The number of nitrogens with one attached hydrogen (secondary N) is 1. The molecule has 0 aliphatic carbocycles. The van der Waals surface area contributed by atoms with Gasteiger partial charge in [0.05, 0.1) is 12.0 Å².